The van der Waals surface area contributed by atoms with Crippen LogP contribution in [0, 0.1) is 6.92 Å². The number of amides is 1. The SMILES string of the molecule is COC(=O)c1sc2nc(C)[nH]c(=O)c2c1CC(=O)NCc1cccc(Cl)c1. The molecular formula is C18H16ClN3O4S. The first-order chi connectivity index (χ1) is 12.9. The van der Waals surface area contributed by atoms with Crippen LogP contribution >= 0.6 is 22.9 Å². The topological polar surface area (TPSA) is 101 Å². The van der Waals surface area contributed by atoms with Crippen molar-refractivity contribution in [2.45, 2.75) is 19.9 Å². The van der Waals surface area contributed by atoms with Gasteiger partial charge in [0.1, 0.15) is 15.5 Å². The molecule has 2 N–H and O–H groups in total. The van der Waals surface area contributed by atoms with Gasteiger partial charge in [0.2, 0.25) is 5.91 Å². The first kappa shape index (κ1) is 19.1. The third-order valence-corrected chi connectivity index (χ3v) is 5.21. The number of ether oxygens (including phenoxy) is 1. The standard InChI is InChI=1S/C18H16ClN3O4S/c1-9-21-16(24)14-12(15(18(25)26-2)27-17(14)22-9)7-13(23)20-8-10-4-3-5-11(19)6-10/h3-6H,7-8H2,1-2H3,(H,20,23)(H,21,22,24). The highest BCUT2D eigenvalue weighted by molar-refractivity contribution is 7.20. The van der Waals surface area contributed by atoms with E-state index in [2.05, 4.69) is 15.3 Å². The Morgan fingerprint density at radius 3 is 2.85 bits per heavy atom. The quantitative estimate of drug-likeness (QED) is 0.635. The van der Waals surface area contributed by atoms with Crippen molar-refractivity contribution in [2.24, 2.45) is 0 Å². The summed E-state index contributed by atoms with van der Waals surface area (Å²) in [6.07, 6.45) is -0.140. The van der Waals surface area contributed by atoms with Crippen LogP contribution in [0.5, 0.6) is 0 Å². The van der Waals surface area contributed by atoms with Crippen molar-refractivity contribution in [1.29, 1.82) is 0 Å². The number of fused-ring (bicyclic) bond motifs is 1. The van der Waals surface area contributed by atoms with E-state index in [4.69, 9.17) is 16.3 Å². The van der Waals surface area contributed by atoms with Crippen LogP contribution in [-0.2, 0) is 22.5 Å². The fourth-order valence-corrected chi connectivity index (χ4v) is 4.04. The number of nitrogens with one attached hydrogen (secondary N) is 2. The van der Waals surface area contributed by atoms with E-state index in [1.807, 2.05) is 6.07 Å². The summed E-state index contributed by atoms with van der Waals surface area (Å²) in [6, 6.07) is 7.12. The Labute approximate surface area is 163 Å². The number of rotatable bonds is 5. The number of aromatic nitrogens is 2. The van der Waals surface area contributed by atoms with Crippen molar-refractivity contribution in [3.8, 4) is 0 Å². The maximum atomic E-state index is 12.4. The van der Waals surface area contributed by atoms with E-state index < -0.39 is 5.97 Å². The molecule has 0 aliphatic carbocycles. The predicted octanol–water partition coefficient (Wildman–Crippen LogP) is 2.59. The lowest BCUT2D eigenvalue weighted by Crippen LogP contribution is -2.25. The maximum Gasteiger partial charge on any atom is 0.348 e. The van der Waals surface area contributed by atoms with Gasteiger partial charge in [0.25, 0.3) is 5.56 Å². The molecule has 1 aromatic carbocycles. The van der Waals surface area contributed by atoms with Gasteiger partial charge in [-0.25, -0.2) is 9.78 Å². The Kier molecular flexibility index (Phi) is 5.57. The van der Waals surface area contributed by atoms with Crippen molar-refractivity contribution in [2.75, 3.05) is 7.11 Å². The average molecular weight is 406 g/mol. The van der Waals surface area contributed by atoms with E-state index in [-0.39, 0.29) is 34.7 Å². The summed E-state index contributed by atoms with van der Waals surface area (Å²) >= 11 is 6.97. The smallest absolute Gasteiger partial charge is 0.348 e. The molecule has 2 aromatic heterocycles. The van der Waals surface area contributed by atoms with Gasteiger partial charge in [0.05, 0.1) is 18.9 Å². The lowest BCUT2D eigenvalue weighted by atomic mass is 10.1. The van der Waals surface area contributed by atoms with Crippen molar-refractivity contribution >= 4 is 45.0 Å². The number of thiophene rings is 1. The van der Waals surface area contributed by atoms with Gasteiger partial charge in [-0.2, -0.15) is 0 Å². The first-order valence-electron chi connectivity index (χ1n) is 8.00. The molecule has 0 aliphatic rings. The van der Waals surface area contributed by atoms with Crippen LogP contribution in [0.25, 0.3) is 10.2 Å². The monoisotopic (exact) mass is 405 g/mol. The first-order valence-corrected chi connectivity index (χ1v) is 9.20. The summed E-state index contributed by atoms with van der Waals surface area (Å²) < 4.78 is 4.79. The van der Waals surface area contributed by atoms with E-state index in [1.165, 1.54) is 7.11 Å². The minimum Gasteiger partial charge on any atom is -0.465 e. The molecule has 0 saturated heterocycles. The van der Waals surface area contributed by atoms with Crippen molar-refractivity contribution in [1.82, 2.24) is 15.3 Å². The highest BCUT2D eigenvalue weighted by atomic mass is 35.5. The van der Waals surface area contributed by atoms with Crippen molar-refractivity contribution < 1.29 is 14.3 Å². The summed E-state index contributed by atoms with van der Waals surface area (Å²) in [5, 5.41) is 3.58. The van der Waals surface area contributed by atoms with Crippen LogP contribution < -0.4 is 10.9 Å². The summed E-state index contributed by atoms with van der Waals surface area (Å²) in [5.74, 6) is -0.505. The Hall–Kier alpha value is -2.71. The number of benzene rings is 1. The molecule has 140 valence electrons. The van der Waals surface area contributed by atoms with Crippen LogP contribution in [0.2, 0.25) is 5.02 Å². The zero-order valence-electron chi connectivity index (χ0n) is 14.6. The molecule has 2 heterocycles. The molecule has 0 aliphatic heterocycles. The van der Waals surface area contributed by atoms with Gasteiger partial charge in [-0.15, -0.1) is 11.3 Å². The second kappa shape index (κ2) is 7.89. The Morgan fingerprint density at radius 1 is 1.37 bits per heavy atom. The van der Waals surface area contributed by atoms with E-state index in [1.54, 1.807) is 25.1 Å². The van der Waals surface area contributed by atoms with Crippen LogP contribution in [0.1, 0.15) is 26.6 Å². The summed E-state index contributed by atoms with van der Waals surface area (Å²) in [4.78, 5) is 44.3. The fourth-order valence-electron chi connectivity index (χ4n) is 2.67. The maximum absolute atomic E-state index is 12.4. The van der Waals surface area contributed by atoms with Gasteiger partial charge >= 0.3 is 5.97 Å². The van der Waals surface area contributed by atoms with Crippen LogP contribution in [0.15, 0.2) is 29.1 Å². The molecule has 0 fully saturated rings. The molecule has 0 unspecified atom stereocenters. The number of aryl methyl sites for hydroxylation is 1. The zero-order valence-corrected chi connectivity index (χ0v) is 16.2. The van der Waals surface area contributed by atoms with Gasteiger partial charge in [-0.1, -0.05) is 23.7 Å². The predicted molar refractivity (Wildman–Crippen MR) is 103 cm³/mol. The molecule has 0 bridgehead atoms. The number of hydrogen-bond donors (Lipinski definition) is 2. The van der Waals surface area contributed by atoms with Gasteiger partial charge < -0.3 is 15.0 Å². The molecule has 7 nitrogen and oxygen atoms in total. The van der Waals surface area contributed by atoms with E-state index in [0.29, 0.717) is 21.2 Å². The fraction of sp³-hybridized carbons (Fsp3) is 0.222. The van der Waals surface area contributed by atoms with Crippen LogP contribution in [0.4, 0.5) is 0 Å². The van der Waals surface area contributed by atoms with Crippen LogP contribution in [-0.4, -0.2) is 29.0 Å². The molecule has 1 amide bonds. The number of carbonyl (C=O) groups excluding carboxylic acids is 2. The highest BCUT2D eigenvalue weighted by Gasteiger charge is 2.24. The summed E-state index contributed by atoms with van der Waals surface area (Å²) in [7, 11) is 1.25. The van der Waals surface area contributed by atoms with Gasteiger partial charge in [0.15, 0.2) is 0 Å². The molecule has 0 saturated carbocycles. The average Bonchev–Trinajstić information content (AvgIpc) is 2.97. The number of halogens is 1. The molecule has 0 radical (unpaired) electrons. The number of methoxy groups -OCH3 is 1. The number of nitrogens with zero attached hydrogens (tertiary/aromatic N) is 1. The molecule has 3 aromatic rings. The van der Waals surface area contributed by atoms with Crippen molar-refractivity contribution in [3.63, 3.8) is 0 Å². The third-order valence-electron chi connectivity index (χ3n) is 3.87. The second-order valence-electron chi connectivity index (χ2n) is 5.82. The molecule has 27 heavy (non-hydrogen) atoms. The zero-order chi connectivity index (χ0) is 19.6. The minimum atomic E-state index is -0.604. The number of H-pyrrole nitrogens is 1. The molecule has 0 atom stereocenters. The molecule has 3 rings (SSSR count). The lowest BCUT2D eigenvalue weighted by molar-refractivity contribution is -0.120. The second-order valence-corrected chi connectivity index (χ2v) is 7.25. The van der Waals surface area contributed by atoms with E-state index in [0.717, 1.165) is 16.9 Å². The van der Waals surface area contributed by atoms with E-state index in [9.17, 15) is 14.4 Å². The largest absolute Gasteiger partial charge is 0.465 e. The molecule has 0 spiro atoms. The Balaban J connectivity index is 1.89. The lowest BCUT2D eigenvalue weighted by Gasteiger charge is -2.07. The molecular weight excluding hydrogens is 390 g/mol. The Morgan fingerprint density at radius 2 is 2.15 bits per heavy atom. The number of hydrogen-bond acceptors (Lipinski definition) is 6. The minimum absolute atomic E-state index is 0.140. The van der Waals surface area contributed by atoms with Gasteiger partial charge in [-0.05, 0) is 24.6 Å². The van der Waals surface area contributed by atoms with Crippen LogP contribution in [0.3, 0.4) is 0 Å². The summed E-state index contributed by atoms with van der Waals surface area (Å²) in [6.45, 7) is 1.93. The van der Waals surface area contributed by atoms with E-state index >= 15 is 0 Å². The molecule has 9 heteroatoms. The summed E-state index contributed by atoms with van der Waals surface area (Å²) in [5.41, 5.74) is 0.773. The van der Waals surface area contributed by atoms with Gasteiger partial charge in [0, 0.05) is 17.1 Å². The normalized spacial score (nSPS) is 10.8. The number of carbonyl (C=O) groups is 2. The Bertz CT molecular complexity index is 1090. The highest BCUT2D eigenvalue weighted by Crippen LogP contribution is 2.29. The van der Waals surface area contributed by atoms with Gasteiger partial charge in [-0.3, -0.25) is 9.59 Å². The van der Waals surface area contributed by atoms with Crippen molar-refractivity contribution in [3.05, 3.63) is 61.5 Å². The third kappa shape index (κ3) is 4.17. The number of esters is 1. The number of aromatic amines is 1.